The van der Waals surface area contributed by atoms with E-state index in [1.54, 1.807) is 23.9 Å². The summed E-state index contributed by atoms with van der Waals surface area (Å²) in [6, 6.07) is 2.70. The van der Waals surface area contributed by atoms with E-state index < -0.39 is 0 Å². The molecule has 2 saturated heterocycles. The summed E-state index contributed by atoms with van der Waals surface area (Å²) in [7, 11) is 0. The molecule has 28 heavy (non-hydrogen) atoms. The van der Waals surface area contributed by atoms with Gasteiger partial charge in [-0.1, -0.05) is 0 Å². The second kappa shape index (κ2) is 10.0. The number of aromatic nitrogens is 2. The van der Waals surface area contributed by atoms with Gasteiger partial charge in [-0.15, -0.1) is 0 Å². The molecule has 0 spiro atoms. The highest BCUT2D eigenvalue weighted by molar-refractivity contribution is 5.92. The van der Waals surface area contributed by atoms with Crippen LogP contribution >= 0.6 is 0 Å². The van der Waals surface area contributed by atoms with Crippen molar-refractivity contribution in [2.75, 3.05) is 39.4 Å². The number of rotatable bonds is 7. The monoisotopic (exact) mass is 391 g/mol. The van der Waals surface area contributed by atoms with Gasteiger partial charge in [-0.3, -0.25) is 19.2 Å². The van der Waals surface area contributed by atoms with Gasteiger partial charge in [0.2, 0.25) is 5.91 Å². The normalized spacial score (nSPS) is 19.2. The van der Waals surface area contributed by atoms with Crippen LogP contribution in [0.5, 0.6) is 0 Å². The molecule has 2 aliphatic heterocycles. The average molecular weight is 392 g/mol. The first kappa shape index (κ1) is 20.8. The minimum atomic E-state index is -0.0716. The van der Waals surface area contributed by atoms with Gasteiger partial charge >= 0.3 is 0 Å². The lowest BCUT2D eigenvalue weighted by Crippen LogP contribution is -2.53. The summed E-state index contributed by atoms with van der Waals surface area (Å²) in [5.41, 5.74) is 0.606. The summed E-state index contributed by atoms with van der Waals surface area (Å²) in [5.74, 6) is 0.0912. The van der Waals surface area contributed by atoms with Crippen molar-refractivity contribution < 1.29 is 14.3 Å². The minimum absolute atomic E-state index is 0.0716. The molecule has 2 aliphatic rings. The van der Waals surface area contributed by atoms with Crippen molar-refractivity contribution in [3.8, 4) is 0 Å². The van der Waals surface area contributed by atoms with Crippen LogP contribution < -0.4 is 5.32 Å². The predicted molar refractivity (Wildman–Crippen MR) is 106 cm³/mol. The van der Waals surface area contributed by atoms with Crippen molar-refractivity contribution >= 4 is 11.8 Å². The highest BCUT2D eigenvalue weighted by atomic mass is 16.5. The number of carbonyl (C=O) groups excluding carboxylic acids is 2. The van der Waals surface area contributed by atoms with Crippen molar-refractivity contribution in [2.24, 2.45) is 0 Å². The van der Waals surface area contributed by atoms with E-state index in [0.717, 1.165) is 58.5 Å². The Bertz CT molecular complexity index is 648. The smallest absolute Gasteiger partial charge is 0.269 e. The number of piperidine rings is 1. The fraction of sp³-hybridized carbons (Fsp3) is 0.750. The maximum atomic E-state index is 12.5. The number of ether oxygens (including phenoxy) is 1. The molecule has 156 valence electrons. The first-order valence-corrected chi connectivity index (χ1v) is 10.5. The molecular formula is C20H33N5O3. The molecule has 0 atom stereocenters. The average Bonchev–Trinajstić information content (AvgIpc) is 3.21. The summed E-state index contributed by atoms with van der Waals surface area (Å²) in [5, 5.41) is 7.22. The van der Waals surface area contributed by atoms with Crippen LogP contribution in [-0.2, 0) is 16.1 Å². The SMILES string of the molecule is CCn1nccc1C(=O)NCCN(C1CCOCC1)C1CCN(C(C)=O)CC1. The fourth-order valence-electron chi connectivity index (χ4n) is 4.36. The maximum absolute atomic E-state index is 12.5. The van der Waals surface area contributed by atoms with Gasteiger partial charge < -0.3 is 15.0 Å². The first-order chi connectivity index (χ1) is 13.6. The minimum Gasteiger partial charge on any atom is -0.381 e. The van der Waals surface area contributed by atoms with Crippen LogP contribution in [0, 0.1) is 0 Å². The summed E-state index contributed by atoms with van der Waals surface area (Å²) < 4.78 is 7.26. The van der Waals surface area contributed by atoms with E-state index in [1.165, 1.54) is 0 Å². The van der Waals surface area contributed by atoms with Crippen molar-refractivity contribution in [3.05, 3.63) is 18.0 Å². The van der Waals surface area contributed by atoms with E-state index in [9.17, 15) is 9.59 Å². The highest BCUT2D eigenvalue weighted by Gasteiger charge is 2.31. The molecule has 0 saturated carbocycles. The van der Waals surface area contributed by atoms with Crippen molar-refractivity contribution in [1.82, 2.24) is 24.9 Å². The van der Waals surface area contributed by atoms with Gasteiger partial charge in [-0.25, -0.2) is 0 Å². The summed E-state index contributed by atoms with van der Waals surface area (Å²) >= 11 is 0. The Morgan fingerprint density at radius 2 is 1.89 bits per heavy atom. The number of carbonyl (C=O) groups is 2. The van der Waals surface area contributed by atoms with Crippen LogP contribution in [0.15, 0.2) is 12.3 Å². The van der Waals surface area contributed by atoms with Crippen molar-refractivity contribution in [1.29, 1.82) is 0 Å². The fourth-order valence-corrected chi connectivity index (χ4v) is 4.36. The first-order valence-electron chi connectivity index (χ1n) is 10.5. The van der Waals surface area contributed by atoms with Crippen LogP contribution in [0.3, 0.4) is 0 Å². The van der Waals surface area contributed by atoms with Gasteiger partial charge in [0.1, 0.15) is 5.69 Å². The van der Waals surface area contributed by atoms with Crippen molar-refractivity contribution in [3.63, 3.8) is 0 Å². The second-order valence-electron chi connectivity index (χ2n) is 7.61. The molecule has 0 bridgehead atoms. The number of likely N-dealkylation sites (tertiary alicyclic amines) is 1. The molecule has 3 heterocycles. The molecule has 0 aromatic carbocycles. The topological polar surface area (TPSA) is 79.7 Å². The van der Waals surface area contributed by atoms with Gasteiger partial charge in [0.25, 0.3) is 5.91 Å². The zero-order valence-electron chi connectivity index (χ0n) is 17.1. The molecule has 1 N–H and O–H groups in total. The van der Waals surface area contributed by atoms with E-state index in [-0.39, 0.29) is 11.8 Å². The molecule has 0 radical (unpaired) electrons. The van der Waals surface area contributed by atoms with E-state index in [0.29, 0.717) is 30.9 Å². The Hall–Kier alpha value is -1.93. The maximum Gasteiger partial charge on any atom is 0.269 e. The number of nitrogens with zero attached hydrogens (tertiary/aromatic N) is 4. The van der Waals surface area contributed by atoms with Gasteiger partial charge in [-0.2, -0.15) is 5.10 Å². The number of aryl methyl sites for hydroxylation is 1. The van der Waals surface area contributed by atoms with Crippen LogP contribution in [0.4, 0.5) is 0 Å². The molecular weight excluding hydrogens is 358 g/mol. The molecule has 8 nitrogen and oxygen atoms in total. The third kappa shape index (κ3) is 5.11. The molecule has 3 rings (SSSR count). The zero-order chi connectivity index (χ0) is 19.9. The quantitative estimate of drug-likeness (QED) is 0.754. The van der Waals surface area contributed by atoms with Crippen LogP contribution in [0.25, 0.3) is 0 Å². The lowest BCUT2D eigenvalue weighted by molar-refractivity contribution is -0.130. The Morgan fingerprint density at radius 3 is 2.54 bits per heavy atom. The third-order valence-corrected chi connectivity index (χ3v) is 5.94. The van der Waals surface area contributed by atoms with Crippen LogP contribution in [0.2, 0.25) is 0 Å². The van der Waals surface area contributed by atoms with Crippen LogP contribution in [-0.4, -0.2) is 82.9 Å². The Kier molecular flexibility index (Phi) is 7.44. The predicted octanol–water partition coefficient (Wildman–Crippen LogP) is 1.12. The standard InChI is InChI=1S/C20H33N5O3/c1-3-25-19(4-9-22-25)20(27)21-10-13-24(18-7-14-28-15-8-18)17-5-11-23(12-6-17)16(2)26/h4,9,17-18H,3,5-8,10-15H2,1-2H3,(H,21,27). The summed E-state index contributed by atoms with van der Waals surface area (Å²) in [4.78, 5) is 28.6. The number of hydrogen-bond donors (Lipinski definition) is 1. The molecule has 1 aromatic heterocycles. The van der Waals surface area contributed by atoms with Crippen molar-refractivity contribution in [2.45, 2.75) is 58.2 Å². The Balaban J connectivity index is 1.56. The van der Waals surface area contributed by atoms with E-state index in [2.05, 4.69) is 15.3 Å². The molecule has 8 heteroatoms. The molecule has 2 amide bonds. The molecule has 0 aliphatic carbocycles. The van der Waals surface area contributed by atoms with Gasteiger partial charge in [-0.05, 0) is 38.7 Å². The molecule has 0 unspecified atom stereocenters. The van der Waals surface area contributed by atoms with Gasteiger partial charge in [0, 0.05) is 71.1 Å². The van der Waals surface area contributed by atoms with E-state index in [1.807, 2.05) is 11.8 Å². The van der Waals surface area contributed by atoms with Gasteiger partial charge in [0.05, 0.1) is 0 Å². The largest absolute Gasteiger partial charge is 0.381 e. The van der Waals surface area contributed by atoms with E-state index >= 15 is 0 Å². The summed E-state index contributed by atoms with van der Waals surface area (Å²) in [6.07, 6.45) is 5.71. The lowest BCUT2D eigenvalue weighted by atomic mass is 9.98. The van der Waals surface area contributed by atoms with Gasteiger partial charge in [0.15, 0.2) is 0 Å². The molecule has 1 aromatic rings. The number of hydrogen-bond acceptors (Lipinski definition) is 5. The lowest BCUT2D eigenvalue weighted by Gasteiger charge is -2.43. The number of nitrogens with one attached hydrogen (secondary N) is 1. The Labute approximate surface area is 167 Å². The second-order valence-corrected chi connectivity index (χ2v) is 7.61. The zero-order valence-corrected chi connectivity index (χ0v) is 17.1. The van der Waals surface area contributed by atoms with E-state index in [4.69, 9.17) is 4.74 Å². The highest BCUT2D eigenvalue weighted by Crippen LogP contribution is 2.23. The number of amides is 2. The summed E-state index contributed by atoms with van der Waals surface area (Å²) in [6.45, 7) is 8.98. The third-order valence-electron chi connectivity index (χ3n) is 5.94. The molecule has 2 fully saturated rings. The van der Waals surface area contributed by atoms with Crippen LogP contribution in [0.1, 0.15) is 50.0 Å². The Morgan fingerprint density at radius 1 is 1.21 bits per heavy atom.